The van der Waals surface area contributed by atoms with Crippen LogP contribution in [0, 0.1) is 11.3 Å². The van der Waals surface area contributed by atoms with E-state index in [4.69, 9.17) is 5.26 Å². The molecule has 1 aromatic carbocycles. The van der Waals surface area contributed by atoms with Gasteiger partial charge in [0.2, 0.25) is 0 Å². The molecule has 0 aliphatic heterocycles. The van der Waals surface area contributed by atoms with Gasteiger partial charge < -0.3 is 4.90 Å². The van der Waals surface area contributed by atoms with Crippen molar-refractivity contribution >= 4 is 5.91 Å². The van der Waals surface area contributed by atoms with E-state index in [-0.39, 0.29) is 5.91 Å². The van der Waals surface area contributed by atoms with E-state index in [0.717, 1.165) is 0 Å². The molecule has 0 radical (unpaired) electrons. The van der Waals surface area contributed by atoms with Gasteiger partial charge in [-0.25, -0.2) is 0 Å². The van der Waals surface area contributed by atoms with E-state index >= 15 is 0 Å². The Balaban J connectivity index is 2.77. The third-order valence-corrected chi connectivity index (χ3v) is 1.71. The summed E-state index contributed by atoms with van der Waals surface area (Å²) in [4.78, 5) is 13.0. The molecule has 0 aliphatic rings. The van der Waals surface area contributed by atoms with Gasteiger partial charge in [0.25, 0.3) is 5.91 Å². The third-order valence-electron chi connectivity index (χ3n) is 1.71. The number of rotatable bonds is 2. The molecule has 0 saturated carbocycles. The van der Waals surface area contributed by atoms with Crippen molar-refractivity contribution in [1.82, 2.24) is 4.90 Å². The predicted octanol–water partition coefficient (Wildman–Crippen LogP) is 1.80. The van der Waals surface area contributed by atoms with Crippen LogP contribution in [-0.4, -0.2) is 17.9 Å². The minimum atomic E-state index is -0.128. The molecule has 0 saturated heterocycles. The number of hydrogen-bond donors (Lipinski definition) is 0. The highest BCUT2D eigenvalue weighted by Gasteiger charge is 2.07. The molecular weight excluding hydrogens is 176 g/mol. The lowest BCUT2D eigenvalue weighted by Crippen LogP contribution is -2.20. The van der Waals surface area contributed by atoms with Gasteiger partial charge in [-0.1, -0.05) is 18.2 Å². The summed E-state index contributed by atoms with van der Waals surface area (Å²) in [5.41, 5.74) is 0.609. The summed E-state index contributed by atoms with van der Waals surface area (Å²) in [6.07, 6.45) is 2.70. The van der Waals surface area contributed by atoms with Crippen LogP contribution in [0.4, 0.5) is 0 Å². The third kappa shape index (κ3) is 2.46. The molecule has 0 N–H and O–H groups in total. The first-order valence-corrected chi connectivity index (χ1v) is 4.14. The maximum atomic E-state index is 11.6. The molecule has 0 aliphatic carbocycles. The van der Waals surface area contributed by atoms with E-state index in [1.165, 1.54) is 17.2 Å². The zero-order valence-electron chi connectivity index (χ0n) is 7.84. The monoisotopic (exact) mass is 186 g/mol. The molecule has 0 aromatic heterocycles. The second kappa shape index (κ2) is 4.83. The van der Waals surface area contributed by atoms with Gasteiger partial charge in [0, 0.05) is 24.9 Å². The highest BCUT2D eigenvalue weighted by Crippen LogP contribution is 2.02. The van der Waals surface area contributed by atoms with Crippen LogP contribution < -0.4 is 0 Å². The molecule has 0 atom stereocenters. The molecule has 1 amide bonds. The Kier molecular flexibility index (Phi) is 3.45. The molecule has 0 unspecified atom stereocenters. The molecule has 0 bridgehead atoms. The Morgan fingerprint density at radius 2 is 2.07 bits per heavy atom. The van der Waals surface area contributed by atoms with Crippen LogP contribution in [0.15, 0.2) is 42.6 Å². The van der Waals surface area contributed by atoms with E-state index in [1.54, 1.807) is 31.3 Å². The van der Waals surface area contributed by atoms with Gasteiger partial charge in [-0.05, 0) is 12.1 Å². The minimum Gasteiger partial charge on any atom is -0.317 e. The fourth-order valence-electron chi connectivity index (χ4n) is 0.997. The number of carbonyl (C=O) groups is 1. The molecule has 0 heterocycles. The smallest absolute Gasteiger partial charge is 0.257 e. The number of nitrogens with zero attached hydrogens (tertiary/aromatic N) is 2. The summed E-state index contributed by atoms with van der Waals surface area (Å²) in [6, 6.07) is 10.8. The van der Waals surface area contributed by atoms with Crippen LogP contribution in [0.3, 0.4) is 0 Å². The fourth-order valence-corrected chi connectivity index (χ4v) is 0.997. The first kappa shape index (κ1) is 10.0. The van der Waals surface area contributed by atoms with Crippen LogP contribution in [-0.2, 0) is 0 Å². The number of carbonyl (C=O) groups excluding carboxylic acids is 1. The van der Waals surface area contributed by atoms with Crippen LogP contribution in [0.25, 0.3) is 0 Å². The maximum Gasteiger partial charge on any atom is 0.257 e. The van der Waals surface area contributed by atoms with Crippen molar-refractivity contribution in [3.05, 3.63) is 48.2 Å². The predicted molar refractivity (Wildman–Crippen MR) is 53.3 cm³/mol. The Morgan fingerprint density at radius 3 is 2.64 bits per heavy atom. The number of allylic oxidation sites excluding steroid dienone is 1. The van der Waals surface area contributed by atoms with Crippen molar-refractivity contribution in [3.63, 3.8) is 0 Å². The van der Waals surface area contributed by atoms with Crippen LogP contribution in [0.1, 0.15) is 10.4 Å². The Bertz CT molecular complexity index is 376. The number of hydrogen-bond acceptors (Lipinski definition) is 2. The second-order valence-corrected chi connectivity index (χ2v) is 2.73. The van der Waals surface area contributed by atoms with E-state index in [2.05, 4.69) is 0 Å². The fraction of sp³-hybridized carbons (Fsp3) is 0.0909. The van der Waals surface area contributed by atoms with E-state index in [1.807, 2.05) is 12.1 Å². The lowest BCUT2D eigenvalue weighted by molar-refractivity contribution is 0.0850. The Labute approximate surface area is 82.9 Å². The highest BCUT2D eigenvalue weighted by atomic mass is 16.2. The maximum absolute atomic E-state index is 11.6. The van der Waals surface area contributed by atoms with Crippen molar-refractivity contribution in [2.75, 3.05) is 7.05 Å². The lowest BCUT2D eigenvalue weighted by Gasteiger charge is -2.10. The highest BCUT2D eigenvalue weighted by molar-refractivity contribution is 5.94. The van der Waals surface area contributed by atoms with Gasteiger partial charge in [-0.15, -0.1) is 0 Å². The summed E-state index contributed by atoms with van der Waals surface area (Å²) in [5, 5.41) is 8.29. The molecule has 0 fully saturated rings. The van der Waals surface area contributed by atoms with Gasteiger partial charge in [0.1, 0.15) is 0 Å². The summed E-state index contributed by atoms with van der Waals surface area (Å²) >= 11 is 0. The van der Waals surface area contributed by atoms with Crippen LogP contribution in [0.2, 0.25) is 0 Å². The number of nitriles is 1. The van der Waals surface area contributed by atoms with E-state index in [0.29, 0.717) is 5.56 Å². The number of amides is 1. The Hall–Kier alpha value is -2.08. The molecule has 14 heavy (non-hydrogen) atoms. The van der Waals surface area contributed by atoms with Crippen molar-refractivity contribution in [2.45, 2.75) is 0 Å². The van der Waals surface area contributed by atoms with E-state index in [9.17, 15) is 4.79 Å². The zero-order valence-corrected chi connectivity index (χ0v) is 7.84. The first-order valence-electron chi connectivity index (χ1n) is 4.14. The van der Waals surface area contributed by atoms with Crippen molar-refractivity contribution in [1.29, 1.82) is 5.26 Å². The summed E-state index contributed by atoms with van der Waals surface area (Å²) < 4.78 is 0. The van der Waals surface area contributed by atoms with Gasteiger partial charge in [-0.2, -0.15) is 5.26 Å². The second-order valence-electron chi connectivity index (χ2n) is 2.73. The van der Waals surface area contributed by atoms with Gasteiger partial charge >= 0.3 is 0 Å². The molecule has 70 valence electrons. The normalized spacial score (nSPS) is 9.71. The minimum absolute atomic E-state index is 0.128. The molecular formula is C11H10N2O. The largest absolute Gasteiger partial charge is 0.317 e. The van der Waals surface area contributed by atoms with Gasteiger partial charge in [0.15, 0.2) is 0 Å². The van der Waals surface area contributed by atoms with Gasteiger partial charge in [-0.3, -0.25) is 4.79 Å². The average Bonchev–Trinajstić information content (AvgIpc) is 2.26. The first-order chi connectivity index (χ1) is 6.75. The molecule has 3 heteroatoms. The van der Waals surface area contributed by atoms with Crippen molar-refractivity contribution < 1.29 is 4.79 Å². The van der Waals surface area contributed by atoms with Gasteiger partial charge in [0.05, 0.1) is 6.07 Å². The summed E-state index contributed by atoms with van der Waals surface area (Å²) in [6.45, 7) is 0. The van der Waals surface area contributed by atoms with Crippen LogP contribution >= 0.6 is 0 Å². The van der Waals surface area contributed by atoms with E-state index < -0.39 is 0 Å². The quantitative estimate of drug-likeness (QED) is 0.661. The number of benzene rings is 1. The van der Waals surface area contributed by atoms with Crippen molar-refractivity contribution in [2.24, 2.45) is 0 Å². The average molecular weight is 186 g/mol. The lowest BCUT2D eigenvalue weighted by atomic mass is 10.2. The summed E-state index contributed by atoms with van der Waals surface area (Å²) in [7, 11) is 1.61. The SMILES string of the molecule is CN(/C=C\C#N)C(=O)c1ccccc1. The molecule has 1 rings (SSSR count). The molecule has 1 aromatic rings. The zero-order chi connectivity index (χ0) is 10.4. The van der Waals surface area contributed by atoms with Crippen molar-refractivity contribution in [3.8, 4) is 6.07 Å². The molecule has 3 nitrogen and oxygen atoms in total. The Morgan fingerprint density at radius 1 is 1.43 bits per heavy atom. The van der Waals surface area contributed by atoms with Crippen LogP contribution in [0.5, 0.6) is 0 Å². The topological polar surface area (TPSA) is 44.1 Å². The molecule has 0 spiro atoms. The summed E-state index contributed by atoms with van der Waals surface area (Å²) in [5.74, 6) is -0.128. The standard InChI is InChI=1S/C11H10N2O/c1-13(9-5-8-12)11(14)10-6-3-2-4-7-10/h2-7,9H,1H3/b9-5-.